The Kier molecular flexibility index (Phi) is 4.67. The molecule has 1 aromatic rings. The number of nitrogens with one attached hydrogen (secondary N) is 1. The van der Waals surface area contributed by atoms with Gasteiger partial charge in [-0.05, 0) is 37.3 Å². The molecule has 0 saturated heterocycles. The summed E-state index contributed by atoms with van der Waals surface area (Å²) in [6.07, 6.45) is 2.32. The summed E-state index contributed by atoms with van der Waals surface area (Å²) < 4.78 is 0. The fourth-order valence-electron chi connectivity index (χ4n) is 2.00. The Balaban J connectivity index is 2.63. The fraction of sp³-hybridized carbons (Fsp3) is 0.571. The van der Waals surface area contributed by atoms with Gasteiger partial charge in [0.2, 0.25) is 0 Å². The van der Waals surface area contributed by atoms with Gasteiger partial charge in [0.15, 0.2) is 0 Å². The van der Waals surface area contributed by atoms with Crippen LogP contribution < -0.4 is 5.32 Å². The van der Waals surface area contributed by atoms with Crippen molar-refractivity contribution in [2.75, 3.05) is 5.32 Å². The fourth-order valence-corrected chi connectivity index (χ4v) is 2.00. The Hall–Kier alpha value is -0.980. The molecule has 1 rings (SSSR count). The number of benzene rings is 1. The van der Waals surface area contributed by atoms with Gasteiger partial charge in [0.05, 0.1) is 0 Å². The van der Waals surface area contributed by atoms with Gasteiger partial charge in [-0.1, -0.05) is 39.0 Å². The van der Waals surface area contributed by atoms with Crippen LogP contribution in [0.4, 0.5) is 5.69 Å². The number of anilines is 1. The van der Waals surface area contributed by atoms with E-state index in [2.05, 4.69) is 57.3 Å². The second-order valence-corrected chi connectivity index (χ2v) is 4.69. The molecule has 0 saturated carbocycles. The highest BCUT2D eigenvalue weighted by atomic mass is 14.9. The molecule has 0 amide bonds. The molecule has 1 atom stereocenters. The molecule has 0 bridgehead atoms. The molecule has 0 aliphatic heterocycles. The van der Waals surface area contributed by atoms with E-state index >= 15 is 0 Å². The third kappa shape index (κ3) is 3.94. The van der Waals surface area contributed by atoms with Crippen molar-refractivity contribution in [1.82, 2.24) is 0 Å². The van der Waals surface area contributed by atoms with Gasteiger partial charge < -0.3 is 5.32 Å². The van der Waals surface area contributed by atoms with Gasteiger partial charge in [-0.2, -0.15) is 0 Å². The molecule has 84 valence electrons. The number of para-hydroxylation sites is 1. The maximum Gasteiger partial charge on any atom is 0.0374 e. The van der Waals surface area contributed by atoms with Crippen molar-refractivity contribution in [1.29, 1.82) is 0 Å². The largest absolute Gasteiger partial charge is 0.382 e. The summed E-state index contributed by atoms with van der Waals surface area (Å²) in [6, 6.07) is 9.14. The van der Waals surface area contributed by atoms with Crippen LogP contribution in [0.2, 0.25) is 0 Å². The predicted molar refractivity (Wildman–Crippen MR) is 68.4 cm³/mol. The molecular formula is C14H23N. The van der Waals surface area contributed by atoms with E-state index in [1.54, 1.807) is 0 Å². The Morgan fingerprint density at radius 3 is 2.40 bits per heavy atom. The smallest absolute Gasteiger partial charge is 0.0374 e. The summed E-state index contributed by atoms with van der Waals surface area (Å²) in [5, 5.41) is 3.59. The quantitative estimate of drug-likeness (QED) is 0.763. The molecule has 0 aliphatic carbocycles. The standard InChI is InChI=1S/C14H23N/c1-5-13-8-6-7-9-14(13)15-12(4)10-11(2)3/h6-9,11-12,15H,5,10H2,1-4H3. The summed E-state index contributed by atoms with van der Waals surface area (Å²) in [6.45, 7) is 8.99. The van der Waals surface area contributed by atoms with E-state index in [0.717, 1.165) is 12.3 Å². The number of rotatable bonds is 5. The first-order valence-electron chi connectivity index (χ1n) is 5.98. The van der Waals surface area contributed by atoms with E-state index in [9.17, 15) is 0 Å². The van der Waals surface area contributed by atoms with Crippen LogP contribution in [0.5, 0.6) is 0 Å². The van der Waals surface area contributed by atoms with Crippen molar-refractivity contribution in [3.05, 3.63) is 29.8 Å². The predicted octanol–water partition coefficient (Wildman–Crippen LogP) is 4.10. The van der Waals surface area contributed by atoms with E-state index in [4.69, 9.17) is 0 Å². The SMILES string of the molecule is CCc1ccccc1NC(C)CC(C)C. The third-order valence-corrected chi connectivity index (χ3v) is 2.63. The average Bonchev–Trinajstić information content (AvgIpc) is 2.17. The van der Waals surface area contributed by atoms with Gasteiger partial charge in [0, 0.05) is 11.7 Å². The zero-order chi connectivity index (χ0) is 11.3. The molecule has 0 heterocycles. The second-order valence-electron chi connectivity index (χ2n) is 4.69. The summed E-state index contributed by atoms with van der Waals surface area (Å²) in [7, 11) is 0. The highest BCUT2D eigenvalue weighted by Gasteiger charge is 2.06. The molecule has 0 aromatic heterocycles. The molecule has 1 nitrogen and oxygen atoms in total. The van der Waals surface area contributed by atoms with Crippen molar-refractivity contribution in [2.45, 2.75) is 46.6 Å². The van der Waals surface area contributed by atoms with Gasteiger partial charge in [-0.15, -0.1) is 0 Å². The van der Waals surface area contributed by atoms with Crippen LogP contribution in [0, 0.1) is 5.92 Å². The first kappa shape index (κ1) is 12.1. The van der Waals surface area contributed by atoms with Gasteiger partial charge in [0.1, 0.15) is 0 Å². The molecule has 15 heavy (non-hydrogen) atoms. The van der Waals surface area contributed by atoms with E-state index in [0.29, 0.717) is 6.04 Å². The van der Waals surface area contributed by atoms with Gasteiger partial charge in [-0.25, -0.2) is 0 Å². The molecular weight excluding hydrogens is 182 g/mol. The van der Waals surface area contributed by atoms with Crippen molar-refractivity contribution >= 4 is 5.69 Å². The molecule has 1 N–H and O–H groups in total. The Labute approximate surface area is 93.9 Å². The Bertz CT molecular complexity index is 291. The average molecular weight is 205 g/mol. The maximum absolute atomic E-state index is 3.59. The van der Waals surface area contributed by atoms with E-state index in [-0.39, 0.29) is 0 Å². The number of hydrogen-bond donors (Lipinski definition) is 1. The van der Waals surface area contributed by atoms with Gasteiger partial charge >= 0.3 is 0 Å². The third-order valence-electron chi connectivity index (χ3n) is 2.63. The highest BCUT2D eigenvalue weighted by Crippen LogP contribution is 2.18. The summed E-state index contributed by atoms with van der Waals surface area (Å²) in [5.74, 6) is 0.751. The number of hydrogen-bond acceptors (Lipinski definition) is 1. The van der Waals surface area contributed by atoms with Crippen LogP contribution in [-0.2, 0) is 6.42 Å². The van der Waals surface area contributed by atoms with Crippen molar-refractivity contribution < 1.29 is 0 Å². The Morgan fingerprint density at radius 2 is 1.80 bits per heavy atom. The molecule has 0 fully saturated rings. The molecule has 1 unspecified atom stereocenters. The zero-order valence-corrected chi connectivity index (χ0v) is 10.4. The lowest BCUT2D eigenvalue weighted by Gasteiger charge is -2.19. The first-order chi connectivity index (χ1) is 7.13. The molecule has 1 aromatic carbocycles. The minimum Gasteiger partial charge on any atom is -0.382 e. The normalized spacial score (nSPS) is 12.9. The van der Waals surface area contributed by atoms with Crippen LogP contribution in [0.3, 0.4) is 0 Å². The second kappa shape index (κ2) is 5.79. The lowest BCUT2D eigenvalue weighted by molar-refractivity contribution is 0.539. The van der Waals surface area contributed by atoms with Crippen LogP contribution in [-0.4, -0.2) is 6.04 Å². The summed E-state index contributed by atoms with van der Waals surface area (Å²) in [5.41, 5.74) is 2.71. The monoisotopic (exact) mass is 205 g/mol. The number of aryl methyl sites for hydroxylation is 1. The van der Waals surface area contributed by atoms with Crippen LogP contribution in [0.1, 0.15) is 39.7 Å². The van der Waals surface area contributed by atoms with Gasteiger partial charge in [-0.3, -0.25) is 0 Å². The molecule has 0 spiro atoms. The minimum atomic E-state index is 0.553. The highest BCUT2D eigenvalue weighted by molar-refractivity contribution is 5.51. The summed E-state index contributed by atoms with van der Waals surface area (Å²) >= 11 is 0. The molecule has 0 aliphatic rings. The van der Waals surface area contributed by atoms with E-state index < -0.39 is 0 Å². The maximum atomic E-state index is 3.59. The van der Waals surface area contributed by atoms with Crippen molar-refractivity contribution in [3.8, 4) is 0 Å². The van der Waals surface area contributed by atoms with Crippen LogP contribution in [0.15, 0.2) is 24.3 Å². The lowest BCUT2D eigenvalue weighted by Crippen LogP contribution is -2.18. The van der Waals surface area contributed by atoms with Gasteiger partial charge in [0.25, 0.3) is 0 Å². The topological polar surface area (TPSA) is 12.0 Å². The minimum absolute atomic E-state index is 0.553. The van der Waals surface area contributed by atoms with Crippen molar-refractivity contribution in [3.63, 3.8) is 0 Å². The lowest BCUT2D eigenvalue weighted by atomic mass is 10.0. The van der Waals surface area contributed by atoms with Crippen LogP contribution in [0.25, 0.3) is 0 Å². The Morgan fingerprint density at radius 1 is 1.13 bits per heavy atom. The molecule has 1 heteroatoms. The van der Waals surface area contributed by atoms with Crippen molar-refractivity contribution in [2.24, 2.45) is 5.92 Å². The summed E-state index contributed by atoms with van der Waals surface area (Å²) in [4.78, 5) is 0. The molecule has 0 radical (unpaired) electrons. The van der Waals surface area contributed by atoms with Crippen LogP contribution >= 0.6 is 0 Å². The van der Waals surface area contributed by atoms with E-state index in [1.807, 2.05) is 0 Å². The first-order valence-corrected chi connectivity index (χ1v) is 5.98. The van der Waals surface area contributed by atoms with E-state index in [1.165, 1.54) is 17.7 Å². The zero-order valence-electron chi connectivity index (χ0n) is 10.4.